The second-order valence-corrected chi connectivity index (χ2v) is 5.50. The van der Waals surface area contributed by atoms with Crippen LogP contribution in [0.1, 0.15) is 51.1 Å². The summed E-state index contributed by atoms with van der Waals surface area (Å²) in [6.07, 6.45) is 10.5. The van der Waals surface area contributed by atoms with Crippen LogP contribution in [0, 0.1) is 0 Å². The third kappa shape index (κ3) is 5.00. The maximum Gasteiger partial charge on any atom is 0.0594 e. The Bertz CT molecular complexity index is 342. The highest BCUT2D eigenvalue weighted by atomic mass is 16.5. The van der Waals surface area contributed by atoms with Crippen LogP contribution in [-0.4, -0.2) is 23.8 Å². The molecular formula is C16H28N2O. The minimum Gasteiger partial charge on any atom is -0.377 e. The molecule has 1 fully saturated rings. The lowest BCUT2D eigenvalue weighted by Gasteiger charge is -2.22. The molecule has 0 unspecified atom stereocenters. The van der Waals surface area contributed by atoms with Crippen LogP contribution >= 0.6 is 0 Å². The van der Waals surface area contributed by atoms with Gasteiger partial charge in [0.2, 0.25) is 0 Å². The molecule has 3 nitrogen and oxygen atoms in total. The number of hydrogen-bond donors (Lipinski definition) is 1. The van der Waals surface area contributed by atoms with Gasteiger partial charge in [-0.1, -0.05) is 26.2 Å². The van der Waals surface area contributed by atoms with Gasteiger partial charge in [-0.05, 0) is 31.4 Å². The van der Waals surface area contributed by atoms with Gasteiger partial charge in [-0.2, -0.15) is 0 Å². The number of nitrogens with one attached hydrogen (secondary N) is 1. The number of aryl methyl sites for hydroxylation is 1. The summed E-state index contributed by atoms with van der Waals surface area (Å²) in [7, 11) is 0. The summed E-state index contributed by atoms with van der Waals surface area (Å²) in [4.78, 5) is 0. The number of nitrogens with zero attached hydrogens (tertiary/aromatic N) is 1. The van der Waals surface area contributed by atoms with Gasteiger partial charge in [0.05, 0.1) is 12.7 Å². The Labute approximate surface area is 117 Å². The largest absolute Gasteiger partial charge is 0.377 e. The monoisotopic (exact) mass is 264 g/mol. The van der Waals surface area contributed by atoms with Crippen LogP contribution in [0.25, 0.3) is 0 Å². The van der Waals surface area contributed by atoms with E-state index in [-0.39, 0.29) is 0 Å². The molecule has 1 N–H and O–H groups in total. The van der Waals surface area contributed by atoms with Gasteiger partial charge in [-0.15, -0.1) is 0 Å². The van der Waals surface area contributed by atoms with Gasteiger partial charge in [-0.25, -0.2) is 0 Å². The van der Waals surface area contributed by atoms with Gasteiger partial charge in [-0.3, -0.25) is 0 Å². The van der Waals surface area contributed by atoms with Crippen molar-refractivity contribution in [2.75, 3.05) is 13.2 Å². The van der Waals surface area contributed by atoms with Gasteiger partial charge in [0.25, 0.3) is 0 Å². The fraction of sp³-hybridized carbons (Fsp3) is 0.750. The zero-order valence-corrected chi connectivity index (χ0v) is 12.2. The predicted molar refractivity (Wildman–Crippen MR) is 79.3 cm³/mol. The Morgan fingerprint density at radius 3 is 2.95 bits per heavy atom. The third-order valence-corrected chi connectivity index (χ3v) is 3.88. The van der Waals surface area contributed by atoms with E-state index in [2.05, 4.69) is 35.1 Å². The van der Waals surface area contributed by atoms with Gasteiger partial charge in [0.15, 0.2) is 0 Å². The minimum atomic E-state index is 0.527. The first kappa shape index (κ1) is 14.6. The second kappa shape index (κ2) is 8.39. The van der Waals surface area contributed by atoms with E-state index in [9.17, 15) is 0 Å². The molecule has 1 aromatic heterocycles. The highest BCUT2D eigenvalue weighted by Crippen LogP contribution is 2.19. The van der Waals surface area contributed by atoms with Crippen LogP contribution in [0.2, 0.25) is 0 Å². The Balaban J connectivity index is 1.57. The van der Waals surface area contributed by atoms with Gasteiger partial charge >= 0.3 is 0 Å². The van der Waals surface area contributed by atoms with Crippen molar-refractivity contribution in [1.29, 1.82) is 0 Å². The van der Waals surface area contributed by atoms with E-state index in [1.165, 1.54) is 44.2 Å². The van der Waals surface area contributed by atoms with E-state index in [0.717, 1.165) is 26.2 Å². The normalized spacial score (nSPS) is 16.9. The Morgan fingerprint density at radius 2 is 2.16 bits per heavy atom. The van der Waals surface area contributed by atoms with Crippen LogP contribution in [0.4, 0.5) is 0 Å². The first-order chi connectivity index (χ1) is 9.40. The third-order valence-electron chi connectivity index (χ3n) is 3.88. The van der Waals surface area contributed by atoms with Crippen LogP contribution in [0.3, 0.4) is 0 Å². The molecule has 1 heterocycles. The van der Waals surface area contributed by atoms with E-state index >= 15 is 0 Å². The van der Waals surface area contributed by atoms with E-state index in [4.69, 9.17) is 4.74 Å². The van der Waals surface area contributed by atoms with Crippen molar-refractivity contribution >= 4 is 0 Å². The number of hydrogen-bond acceptors (Lipinski definition) is 2. The van der Waals surface area contributed by atoms with Crippen molar-refractivity contribution < 1.29 is 4.74 Å². The van der Waals surface area contributed by atoms with Gasteiger partial charge < -0.3 is 14.6 Å². The molecule has 1 saturated carbocycles. The average molecular weight is 264 g/mol. The Hall–Kier alpha value is -0.800. The molecule has 0 bridgehead atoms. The minimum absolute atomic E-state index is 0.527. The first-order valence-electron chi connectivity index (χ1n) is 7.86. The van der Waals surface area contributed by atoms with Crippen LogP contribution in [0.5, 0.6) is 0 Å². The van der Waals surface area contributed by atoms with Gasteiger partial charge in [0, 0.05) is 31.5 Å². The maximum atomic E-state index is 5.91. The van der Waals surface area contributed by atoms with E-state index in [1.54, 1.807) is 0 Å². The summed E-state index contributed by atoms with van der Waals surface area (Å²) >= 11 is 0. The van der Waals surface area contributed by atoms with Crippen molar-refractivity contribution in [2.45, 2.75) is 64.6 Å². The molecule has 1 aromatic rings. The lowest BCUT2D eigenvalue weighted by molar-refractivity contribution is 0.0302. The summed E-state index contributed by atoms with van der Waals surface area (Å²) < 4.78 is 8.24. The first-order valence-corrected chi connectivity index (χ1v) is 7.86. The molecule has 0 atom stereocenters. The summed E-state index contributed by atoms with van der Waals surface area (Å²) in [6.45, 7) is 6.08. The summed E-state index contributed by atoms with van der Waals surface area (Å²) in [5.74, 6) is 0. The molecule has 0 aromatic carbocycles. The molecule has 108 valence electrons. The summed E-state index contributed by atoms with van der Waals surface area (Å²) in [6, 6.07) is 4.33. The number of rotatable bonds is 8. The molecule has 0 aliphatic heterocycles. The smallest absolute Gasteiger partial charge is 0.0594 e. The second-order valence-electron chi connectivity index (χ2n) is 5.50. The molecule has 0 amide bonds. The topological polar surface area (TPSA) is 26.2 Å². The molecule has 1 aliphatic carbocycles. The van der Waals surface area contributed by atoms with Crippen LogP contribution in [0.15, 0.2) is 18.3 Å². The highest BCUT2D eigenvalue weighted by molar-refractivity contribution is 5.06. The maximum absolute atomic E-state index is 5.91. The molecule has 3 heteroatoms. The van der Waals surface area contributed by atoms with Crippen LogP contribution in [-0.2, 0) is 17.8 Å². The van der Waals surface area contributed by atoms with E-state index in [1.807, 2.05) is 0 Å². The van der Waals surface area contributed by atoms with Crippen molar-refractivity contribution in [3.05, 3.63) is 24.0 Å². The van der Waals surface area contributed by atoms with Gasteiger partial charge in [0.1, 0.15) is 0 Å². The molecular weight excluding hydrogens is 236 g/mol. The van der Waals surface area contributed by atoms with Crippen molar-refractivity contribution in [2.24, 2.45) is 0 Å². The summed E-state index contributed by atoms with van der Waals surface area (Å²) in [5.41, 5.74) is 1.37. The highest BCUT2D eigenvalue weighted by Gasteiger charge is 2.12. The zero-order chi connectivity index (χ0) is 13.3. The number of aromatic nitrogens is 1. The van der Waals surface area contributed by atoms with Crippen molar-refractivity contribution in [3.8, 4) is 0 Å². The average Bonchev–Trinajstić information content (AvgIpc) is 2.88. The lowest BCUT2D eigenvalue weighted by atomic mass is 9.98. The fourth-order valence-electron chi connectivity index (χ4n) is 2.82. The molecule has 0 radical (unpaired) electrons. The standard InChI is InChI=1S/C16H28N2O/c1-2-11-18-12-6-7-15(18)14-17-10-13-19-16-8-4-3-5-9-16/h6-7,12,16-17H,2-5,8-11,13-14H2,1H3. The fourth-order valence-corrected chi connectivity index (χ4v) is 2.82. The number of ether oxygens (including phenoxy) is 1. The Kier molecular flexibility index (Phi) is 6.45. The SMILES string of the molecule is CCCn1cccc1CNCCOC1CCCCC1. The molecule has 0 saturated heterocycles. The lowest BCUT2D eigenvalue weighted by Crippen LogP contribution is -2.25. The summed E-state index contributed by atoms with van der Waals surface area (Å²) in [5, 5.41) is 3.48. The predicted octanol–water partition coefficient (Wildman–Crippen LogP) is 3.34. The van der Waals surface area contributed by atoms with E-state index < -0.39 is 0 Å². The van der Waals surface area contributed by atoms with Crippen molar-refractivity contribution in [3.63, 3.8) is 0 Å². The molecule has 0 spiro atoms. The van der Waals surface area contributed by atoms with Crippen molar-refractivity contribution in [1.82, 2.24) is 9.88 Å². The Morgan fingerprint density at radius 1 is 1.32 bits per heavy atom. The molecule has 1 aliphatic rings. The zero-order valence-electron chi connectivity index (χ0n) is 12.2. The quantitative estimate of drug-likeness (QED) is 0.729. The van der Waals surface area contributed by atoms with Crippen LogP contribution < -0.4 is 5.32 Å². The molecule has 19 heavy (non-hydrogen) atoms. The molecule has 2 rings (SSSR count). The van der Waals surface area contributed by atoms with E-state index in [0.29, 0.717) is 6.10 Å².